The van der Waals surface area contributed by atoms with Gasteiger partial charge < -0.3 is 9.80 Å². The Hall–Kier alpha value is -10.8. The molecule has 0 amide bonds. The standard InChI is InChI=1S/C82H60N2/c1-57-55-69(47-53-79(57)83(81-33-15-13-29-77(81)75-31-17-25-67-23-9-11-27-73(67)75)71-49-43-65(44-50-71)63-39-35-61(36-40-63)59-19-5-3-6-20-59)70-48-54-80(58(2)56-70)84(82-34-16-14-30-78(82)76-32-18-26-68-24-10-12-28-74(68)76)72-51-45-66(46-52-72)64-41-37-62(38-42-64)60-21-7-4-8-22-60/h3-56H,1-2H3. The molecule has 0 heterocycles. The zero-order valence-corrected chi connectivity index (χ0v) is 47.1. The molecule has 0 aromatic heterocycles. The predicted molar refractivity (Wildman–Crippen MR) is 358 cm³/mol. The van der Waals surface area contributed by atoms with Gasteiger partial charge in [-0.3, -0.25) is 0 Å². The number of fused-ring (bicyclic) bond motifs is 2. The molecule has 84 heavy (non-hydrogen) atoms. The Morgan fingerprint density at radius 1 is 0.190 bits per heavy atom. The first kappa shape index (κ1) is 51.4. The molecule has 0 saturated carbocycles. The van der Waals surface area contributed by atoms with Gasteiger partial charge in [-0.1, -0.05) is 267 Å². The molecule has 0 aliphatic rings. The maximum atomic E-state index is 2.45. The normalized spacial score (nSPS) is 11.2. The van der Waals surface area contributed by atoms with Gasteiger partial charge in [0, 0.05) is 33.9 Å². The van der Waals surface area contributed by atoms with Crippen molar-refractivity contribution in [3.05, 3.63) is 339 Å². The van der Waals surface area contributed by atoms with Crippen molar-refractivity contribution in [1.29, 1.82) is 0 Å². The van der Waals surface area contributed by atoms with E-state index in [4.69, 9.17) is 0 Å². The van der Waals surface area contributed by atoms with Crippen molar-refractivity contribution in [2.24, 2.45) is 0 Å². The molecule has 0 atom stereocenters. The highest BCUT2D eigenvalue weighted by Gasteiger charge is 2.23. The summed E-state index contributed by atoms with van der Waals surface area (Å²) in [5.41, 5.74) is 25.6. The minimum atomic E-state index is 1.08. The lowest BCUT2D eigenvalue weighted by Gasteiger charge is -2.30. The molecule has 0 fully saturated rings. The number of rotatable bonds is 13. The first-order valence-electron chi connectivity index (χ1n) is 29.0. The second kappa shape index (κ2) is 22.6. The van der Waals surface area contributed by atoms with Crippen molar-refractivity contribution in [1.82, 2.24) is 0 Å². The van der Waals surface area contributed by atoms with Crippen LogP contribution in [-0.4, -0.2) is 0 Å². The highest BCUT2D eigenvalue weighted by Crippen LogP contribution is 2.47. The third kappa shape index (κ3) is 10.0. The molecule has 0 bridgehead atoms. The minimum absolute atomic E-state index is 1.08. The van der Waals surface area contributed by atoms with Gasteiger partial charge in [0.2, 0.25) is 0 Å². The highest BCUT2D eigenvalue weighted by molar-refractivity contribution is 6.03. The van der Waals surface area contributed by atoms with Crippen molar-refractivity contribution in [2.45, 2.75) is 13.8 Å². The summed E-state index contributed by atoms with van der Waals surface area (Å²) in [6.45, 7) is 4.51. The average Bonchev–Trinajstić information content (AvgIpc) is 3.20. The van der Waals surface area contributed by atoms with Crippen LogP contribution in [-0.2, 0) is 0 Å². The maximum absolute atomic E-state index is 2.45. The van der Waals surface area contributed by atoms with Crippen LogP contribution in [0.15, 0.2) is 328 Å². The molecular weight excluding hydrogens is 1010 g/mol. The lowest BCUT2D eigenvalue weighted by molar-refractivity contribution is 1.24. The molecule has 0 saturated heterocycles. The van der Waals surface area contributed by atoms with Gasteiger partial charge in [-0.2, -0.15) is 0 Å². The summed E-state index contributed by atoms with van der Waals surface area (Å²) in [7, 11) is 0. The Morgan fingerprint density at radius 2 is 0.464 bits per heavy atom. The van der Waals surface area contributed by atoms with Crippen LogP contribution in [0.3, 0.4) is 0 Å². The molecular formula is C82H60N2. The summed E-state index contributed by atoms with van der Waals surface area (Å²) >= 11 is 0. The molecule has 14 aromatic carbocycles. The molecule has 0 N–H and O–H groups in total. The molecule has 0 aliphatic heterocycles. The molecule has 2 heteroatoms. The van der Waals surface area contributed by atoms with E-state index < -0.39 is 0 Å². The van der Waals surface area contributed by atoms with E-state index in [9.17, 15) is 0 Å². The van der Waals surface area contributed by atoms with Crippen LogP contribution >= 0.6 is 0 Å². The minimum Gasteiger partial charge on any atom is -0.310 e. The second-order valence-corrected chi connectivity index (χ2v) is 21.7. The van der Waals surface area contributed by atoms with Crippen molar-refractivity contribution in [2.75, 3.05) is 9.80 Å². The zero-order valence-electron chi connectivity index (χ0n) is 47.1. The molecule has 2 nitrogen and oxygen atoms in total. The van der Waals surface area contributed by atoms with Crippen LogP contribution in [0, 0.1) is 13.8 Å². The van der Waals surface area contributed by atoms with Gasteiger partial charge in [0.1, 0.15) is 0 Å². The average molecular weight is 1070 g/mol. The Morgan fingerprint density at radius 3 is 0.833 bits per heavy atom. The van der Waals surface area contributed by atoms with E-state index in [2.05, 4.69) is 351 Å². The number of anilines is 6. The van der Waals surface area contributed by atoms with E-state index in [1.807, 2.05) is 0 Å². The maximum Gasteiger partial charge on any atom is 0.0540 e. The first-order chi connectivity index (χ1) is 41.5. The number of nitrogens with zero attached hydrogens (tertiary/aromatic N) is 2. The Balaban J connectivity index is 0.843. The molecule has 0 spiro atoms. The van der Waals surface area contributed by atoms with Gasteiger partial charge in [0.05, 0.1) is 11.4 Å². The smallest absolute Gasteiger partial charge is 0.0540 e. The monoisotopic (exact) mass is 1070 g/mol. The third-order valence-corrected chi connectivity index (χ3v) is 16.6. The third-order valence-electron chi connectivity index (χ3n) is 16.6. The fraction of sp³-hybridized carbons (Fsp3) is 0.0244. The van der Waals surface area contributed by atoms with Crippen molar-refractivity contribution in [3.63, 3.8) is 0 Å². The number of hydrogen-bond donors (Lipinski definition) is 0. The second-order valence-electron chi connectivity index (χ2n) is 21.7. The van der Waals surface area contributed by atoms with Crippen LogP contribution in [0.4, 0.5) is 34.1 Å². The molecule has 14 rings (SSSR count). The summed E-state index contributed by atoms with van der Waals surface area (Å²) in [5, 5.41) is 4.89. The summed E-state index contributed by atoms with van der Waals surface area (Å²) in [6.07, 6.45) is 0. The fourth-order valence-corrected chi connectivity index (χ4v) is 12.3. The number of aryl methyl sites for hydroxylation is 2. The quantitative estimate of drug-likeness (QED) is 0.114. The van der Waals surface area contributed by atoms with E-state index in [-0.39, 0.29) is 0 Å². The van der Waals surface area contributed by atoms with Gasteiger partial charge in [0.25, 0.3) is 0 Å². The van der Waals surface area contributed by atoms with Crippen molar-refractivity contribution in [3.8, 4) is 77.9 Å². The molecule has 398 valence electrons. The zero-order chi connectivity index (χ0) is 56.3. The largest absolute Gasteiger partial charge is 0.310 e. The van der Waals surface area contributed by atoms with Gasteiger partial charge in [-0.15, -0.1) is 0 Å². The van der Waals surface area contributed by atoms with Gasteiger partial charge >= 0.3 is 0 Å². The van der Waals surface area contributed by atoms with Gasteiger partial charge in [0.15, 0.2) is 0 Å². The number of para-hydroxylation sites is 2. The first-order valence-corrected chi connectivity index (χ1v) is 29.0. The highest BCUT2D eigenvalue weighted by atomic mass is 15.2. The summed E-state index contributed by atoms with van der Waals surface area (Å²) in [5.74, 6) is 0. The number of hydrogen-bond acceptors (Lipinski definition) is 2. The van der Waals surface area contributed by atoms with Gasteiger partial charge in [-0.05, 0) is 174 Å². The van der Waals surface area contributed by atoms with Crippen LogP contribution in [0.5, 0.6) is 0 Å². The van der Waals surface area contributed by atoms with Crippen LogP contribution in [0.2, 0.25) is 0 Å². The number of benzene rings is 14. The topological polar surface area (TPSA) is 6.48 Å². The Kier molecular flexibility index (Phi) is 13.8. The van der Waals surface area contributed by atoms with Gasteiger partial charge in [-0.25, -0.2) is 0 Å². The molecule has 0 radical (unpaired) electrons. The summed E-state index contributed by atoms with van der Waals surface area (Å²) < 4.78 is 0. The lowest BCUT2D eigenvalue weighted by Crippen LogP contribution is -2.13. The van der Waals surface area contributed by atoms with E-state index >= 15 is 0 Å². The van der Waals surface area contributed by atoms with E-state index in [1.165, 1.54) is 99.4 Å². The van der Waals surface area contributed by atoms with Crippen LogP contribution in [0.25, 0.3) is 99.4 Å². The molecule has 14 aromatic rings. The van der Waals surface area contributed by atoms with Crippen LogP contribution in [0.1, 0.15) is 11.1 Å². The van der Waals surface area contributed by atoms with Crippen molar-refractivity contribution >= 4 is 55.7 Å². The van der Waals surface area contributed by atoms with Crippen LogP contribution < -0.4 is 9.80 Å². The van der Waals surface area contributed by atoms with E-state index in [0.717, 1.165) is 45.3 Å². The lowest BCUT2D eigenvalue weighted by atomic mass is 9.94. The molecule has 0 aliphatic carbocycles. The SMILES string of the molecule is Cc1cc(-c2ccc(N(c3ccc(-c4ccc(-c5ccccc5)cc4)cc3)c3ccccc3-c3cccc4ccccc34)c(C)c2)ccc1N(c1ccc(-c2ccc(-c3ccccc3)cc2)cc1)c1ccccc1-c1cccc2ccccc12. The van der Waals surface area contributed by atoms with Crippen molar-refractivity contribution < 1.29 is 0 Å². The Labute approximate surface area is 493 Å². The van der Waals surface area contributed by atoms with E-state index in [0.29, 0.717) is 0 Å². The summed E-state index contributed by atoms with van der Waals surface area (Å²) in [6, 6.07) is 119. The van der Waals surface area contributed by atoms with E-state index in [1.54, 1.807) is 0 Å². The summed E-state index contributed by atoms with van der Waals surface area (Å²) in [4.78, 5) is 4.90. The molecule has 0 unspecified atom stereocenters. The Bertz CT molecular complexity index is 4330. The predicted octanol–water partition coefficient (Wildman–Crippen LogP) is 23.2. The fourth-order valence-electron chi connectivity index (χ4n) is 12.3.